The molecule has 0 bridgehead atoms. The van der Waals surface area contributed by atoms with E-state index in [2.05, 4.69) is 191 Å². The summed E-state index contributed by atoms with van der Waals surface area (Å²) >= 11 is 0. The van der Waals surface area contributed by atoms with E-state index < -0.39 is 0 Å². The first-order chi connectivity index (χ1) is 28.8. The molecule has 0 N–H and O–H groups in total. The molecular formula is C52H32N6. The summed E-state index contributed by atoms with van der Waals surface area (Å²) in [6.45, 7) is 0. The van der Waals surface area contributed by atoms with Crippen molar-refractivity contribution in [2.75, 3.05) is 0 Å². The molecule has 0 aliphatic heterocycles. The van der Waals surface area contributed by atoms with Crippen LogP contribution in [0.1, 0.15) is 0 Å². The molecule has 0 radical (unpaired) electrons. The highest BCUT2D eigenvalue weighted by atomic mass is 15.2. The Balaban J connectivity index is 1.18. The number of aromatic nitrogens is 6. The Morgan fingerprint density at radius 1 is 0.310 bits per heavy atom. The highest BCUT2D eigenvalue weighted by Crippen LogP contribution is 2.39. The molecule has 0 aliphatic carbocycles. The van der Waals surface area contributed by atoms with Crippen LogP contribution in [0.3, 0.4) is 0 Å². The number of benzene rings is 8. The molecule has 0 saturated heterocycles. The van der Waals surface area contributed by atoms with E-state index >= 15 is 0 Å². The summed E-state index contributed by atoms with van der Waals surface area (Å²) < 4.78 is 4.50. The molecule has 6 nitrogen and oxygen atoms in total. The summed E-state index contributed by atoms with van der Waals surface area (Å²) in [5, 5.41) is 5.66. The van der Waals surface area contributed by atoms with Gasteiger partial charge < -0.3 is 0 Å². The second-order valence-electron chi connectivity index (χ2n) is 14.7. The standard InChI is InChI=1S/C52H32N6/c1-3-15-33(16-4-1)35-19-13-21-37(31-35)49-54-50(38-22-14-20-36(32-38)34-17-5-2-6-18-34)56-52(55-49)58-45-28-12-10-25-41(45)42-29-30-46-47(48(42)58)53-51-43-26-8-7-23-39(43)40-24-9-11-27-44(40)57(46)51/h1-32H. The third-order valence-corrected chi connectivity index (χ3v) is 11.3. The summed E-state index contributed by atoms with van der Waals surface area (Å²) in [4.78, 5) is 21.5. The lowest BCUT2D eigenvalue weighted by atomic mass is 10.0. The number of rotatable bonds is 5. The molecular weight excluding hydrogens is 709 g/mol. The van der Waals surface area contributed by atoms with Crippen molar-refractivity contribution in [3.63, 3.8) is 0 Å². The molecule has 0 atom stereocenters. The Morgan fingerprint density at radius 3 is 1.45 bits per heavy atom. The number of imidazole rings is 1. The van der Waals surface area contributed by atoms with Crippen LogP contribution in [0.15, 0.2) is 194 Å². The SMILES string of the molecule is c1ccc(-c2cccc(-c3nc(-c4cccc(-c5ccccc5)c4)nc(-n4c5ccccc5c5ccc6c(nc7c8ccccc8c8ccccc8n67)c54)n3)c2)cc1. The van der Waals surface area contributed by atoms with Gasteiger partial charge in [0, 0.05) is 32.7 Å². The molecule has 0 spiro atoms. The van der Waals surface area contributed by atoms with E-state index in [0.29, 0.717) is 17.6 Å². The van der Waals surface area contributed by atoms with Gasteiger partial charge in [-0.1, -0.05) is 158 Å². The number of hydrogen-bond acceptors (Lipinski definition) is 4. The van der Waals surface area contributed by atoms with Gasteiger partial charge in [-0.15, -0.1) is 0 Å². The second kappa shape index (κ2) is 12.8. The third kappa shape index (κ3) is 4.98. The molecule has 8 aromatic carbocycles. The number of hydrogen-bond donors (Lipinski definition) is 0. The predicted molar refractivity (Wildman–Crippen MR) is 237 cm³/mol. The predicted octanol–water partition coefficient (Wildman–Crippen LogP) is 12.7. The van der Waals surface area contributed by atoms with Crippen LogP contribution >= 0.6 is 0 Å². The van der Waals surface area contributed by atoms with E-state index in [1.807, 2.05) is 12.1 Å². The fourth-order valence-electron chi connectivity index (χ4n) is 8.69. The van der Waals surface area contributed by atoms with Crippen molar-refractivity contribution < 1.29 is 0 Å². The van der Waals surface area contributed by atoms with Gasteiger partial charge in [0.2, 0.25) is 5.95 Å². The molecule has 0 aliphatic rings. The van der Waals surface area contributed by atoms with E-state index in [4.69, 9.17) is 19.9 Å². The second-order valence-corrected chi connectivity index (χ2v) is 14.7. The van der Waals surface area contributed by atoms with Crippen LogP contribution in [-0.2, 0) is 0 Å². The Bertz CT molecular complexity index is 3470. The van der Waals surface area contributed by atoms with Crippen molar-refractivity contribution in [2.24, 2.45) is 0 Å². The number of para-hydroxylation sites is 2. The first-order valence-electron chi connectivity index (χ1n) is 19.5. The van der Waals surface area contributed by atoms with Crippen molar-refractivity contribution >= 4 is 60.2 Å². The molecule has 0 fully saturated rings. The molecule has 12 aromatic rings. The Hall–Kier alpha value is -7.96. The lowest BCUT2D eigenvalue weighted by Gasteiger charge is -2.12. The van der Waals surface area contributed by atoms with E-state index in [0.717, 1.165) is 82.8 Å². The Labute approximate surface area is 333 Å². The van der Waals surface area contributed by atoms with Crippen LogP contribution in [0, 0.1) is 0 Å². The molecule has 4 heterocycles. The summed E-state index contributed by atoms with van der Waals surface area (Å²) in [6.07, 6.45) is 0. The fourth-order valence-corrected chi connectivity index (χ4v) is 8.69. The van der Waals surface area contributed by atoms with Crippen LogP contribution in [0.4, 0.5) is 0 Å². The highest BCUT2D eigenvalue weighted by Gasteiger charge is 2.23. The van der Waals surface area contributed by atoms with Gasteiger partial charge in [-0.2, -0.15) is 9.97 Å². The Kier molecular flexibility index (Phi) is 7.13. The first-order valence-corrected chi connectivity index (χ1v) is 19.5. The molecule has 12 rings (SSSR count). The molecule has 270 valence electrons. The van der Waals surface area contributed by atoms with Gasteiger partial charge in [-0.05, 0) is 64.0 Å². The molecule has 0 unspecified atom stereocenters. The lowest BCUT2D eigenvalue weighted by Crippen LogP contribution is -2.06. The zero-order valence-corrected chi connectivity index (χ0v) is 31.2. The summed E-state index contributed by atoms with van der Waals surface area (Å²) in [5.41, 5.74) is 12.1. The van der Waals surface area contributed by atoms with E-state index in [1.165, 1.54) is 10.8 Å². The van der Waals surface area contributed by atoms with Crippen molar-refractivity contribution in [1.29, 1.82) is 0 Å². The minimum absolute atomic E-state index is 0.528. The zero-order valence-electron chi connectivity index (χ0n) is 31.2. The smallest absolute Gasteiger partial charge is 0.238 e. The number of fused-ring (bicyclic) bond motifs is 12. The lowest BCUT2D eigenvalue weighted by molar-refractivity contribution is 0.954. The molecule has 6 heteroatoms. The van der Waals surface area contributed by atoms with Crippen molar-refractivity contribution in [3.05, 3.63) is 194 Å². The maximum absolute atomic E-state index is 5.53. The van der Waals surface area contributed by atoms with Gasteiger partial charge in [-0.25, -0.2) is 9.97 Å². The van der Waals surface area contributed by atoms with Gasteiger partial charge in [0.15, 0.2) is 11.6 Å². The topological polar surface area (TPSA) is 60.9 Å². The fraction of sp³-hybridized carbons (Fsp3) is 0. The van der Waals surface area contributed by atoms with Crippen molar-refractivity contribution in [3.8, 4) is 51.0 Å². The summed E-state index contributed by atoms with van der Waals surface area (Å²) in [7, 11) is 0. The zero-order chi connectivity index (χ0) is 38.2. The monoisotopic (exact) mass is 740 g/mol. The molecule has 0 amide bonds. The van der Waals surface area contributed by atoms with Crippen LogP contribution < -0.4 is 0 Å². The quantitative estimate of drug-likeness (QED) is 0.165. The Morgan fingerprint density at radius 2 is 0.810 bits per heavy atom. The average molecular weight is 741 g/mol. The van der Waals surface area contributed by atoms with Crippen LogP contribution in [0.5, 0.6) is 0 Å². The number of nitrogens with zero attached hydrogens (tertiary/aromatic N) is 6. The van der Waals surface area contributed by atoms with Gasteiger partial charge in [-0.3, -0.25) is 8.97 Å². The maximum atomic E-state index is 5.53. The average Bonchev–Trinajstić information content (AvgIpc) is 3.87. The first kappa shape index (κ1) is 32.3. The molecule has 0 saturated carbocycles. The van der Waals surface area contributed by atoms with Crippen molar-refractivity contribution in [1.82, 2.24) is 28.9 Å². The van der Waals surface area contributed by atoms with Gasteiger partial charge in [0.05, 0.1) is 22.1 Å². The molecule has 58 heavy (non-hydrogen) atoms. The molecule has 4 aromatic heterocycles. The summed E-state index contributed by atoms with van der Waals surface area (Å²) in [6, 6.07) is 67.9. The van der Waals surface area contributed by atoms with Crippen LogP contribution in [0.2, 0.25) is 0 Å². The minimum Gasteiger partial charge on any atom is -0.292 e. The van der Waals surface area contributed by atoms with Gasteiger partial charge in [0.25, 0.3) is 0 Å². The van der Waals surface area contributed by atoms with E-state index in [-0.39, 0.29) is 0 Å². The van der Waals surface area contributed by atoms with Gasteiger partial charge >= 0.3 is 0 Å². The third-order valence-electron chi connectivity index (χ3n) is 11.3. The minimum atomic E-state index is 0.528. The van der Waals surface area contributed by atoms with E-state index in [1.54, 1.807) is 0 Å². The normalized spacial score (nSPS) is 11.8. The number of pyridine rings is 1. The van der Waals surface area contributed by atoms with Gasteiger partial charge in [0.1, 0.15) is 11.2 Å². The van der Waals surface area contributed by atoms with Crippen LogP contribution in [-0.4, -0.2) is 28.9 Å². The largest absolute Gasteiger partial charge is 0.292 e. The maximum Gasteiger partial charge on any atom is 0.238 e. The van der Waals surface area contributed by atoms with Crippen LogP contribution in [0.25, 0.3) is 111 Å². The van der Waals surface area contributed by atoms with Crippen molar-refractivity contribution in [2.45, 2.75) is 0 Å². The highest BCUT2D eigenvalue weighted by molar-refractivity contribution is 6.20. The summed E-state index contributed by atoms with van der Waals surface area (Å²) in [5.74, 6) is 1.71. The van der Waals surface area contributed by atoms with E-state index in [9.17, 15) is 0 Å².